The third kappa shape index (κ3) is 4.03. The maximum absolute atomic E-state index is 12.5. The van der Waals surface area contributed by atoms with Crippen LogP contribution in [0.5, 0.6) is 11.5 Å². The zero-order valence-corrected chi connectivity index (χ0v) is 14.3. The first-order valence-electron chi connectivity index (χ1n) is 7.55. The Morgan fingerprint density at radius 2 is 1.65 bits per heavy atom. The SMILES string of the molecule is COc1ccc(OC)c([C@@H](C)NC(=O)c2cc(C)cc(C)c2)c1. The van der Waals surface area contributed by atoms with Crippen LogP contribution in [0.15, 0.2) is 36.4 Å². The molecule has 4 heteroatoms. The first kappa shape index (κ1) is 16.9. The molecule has 0 aliphatic heterocycles. The van der Waals surface area contributed by atoms with Gasteiger partial charge in [0.15, 0.2) is 0 Å². The Labute approximate surface area is 137 Å². The highest BCUT2D eigenvalue weighted by atomic mass is 16.5. The smallest absolute Gasteiger partial charge is 0.251 e. The molecule has 2 rings (SSSR count). The van der Waals surface area contributed by atoms with Gasteiger partial charge < -0.3 is 14.8 Å². The summed E-state index contributed by atoms with van der Waals surface area (Å²) < 4.78 is 10.6. The fraction of sp³-hybridized carbons (Fsp3) is 0.316. The van der Waals surface area contributed by atoms with E-state index in [1.165, 1.54) is 0 Å². The topological polar surface area (TPSA) is 47.6 Å². The van der Waals surface area contributed by atoms with Gasteiger partial charge in [-0.15, -0.1) is 0 Å². The van der Waals surface area contributed by atoms with Crippen LogP contribution in [-0.4, -0.2) is 20.1 Å². The number of methoxy groups -OCH3 is 2. The van der Waals surface area contributed by atoms with Crippen LogP contribution in [0.1, 0.15) is 40.0 Å². The Morgan fingerprint density at radius 3 is 2.22 bits per heavy atom. The van der Waals surface area contributed by atoms with Gasteiger partial charge in [-0.3, -0.25) is 4.79 Å². The van der Waals surface area contributed by atoms with E-state index in [-0.39, 0.29) is 11.9 Å². The molecule has 4 nitrogen and oxygen atoms in total. The molecule has 0 aromatic heterocycles. The van der Waals surface area contributed by atoms with Gasteiger partial charge in [0, 0.05) is 11.1 Å². The molecule has 0 radical (unpaired) electrons. The standard InChI is InChI=1S/C19H23NO3/c1-12-8-13(2)10-15(9-12)19(21)20-14(3)17-11-16(22-4)6-7-18(17)23-5/h6-11,14H,1-5H3,(H,20,21)/t14-/m1/s1. The van der Waals surface area contributed by atoms with Crippen molar-refractivity contribution in [1.29, 1.82) is 0 Å². The fourth-order valence-electron chi connectivity index (χ4n) is 2.64. The molecule has 122 valence electrons. The van der Waals surface area contributed by atoms with Crippen molar-refractivity contribution in [1.82, 2.24) is 5.32 Å². The van der Waals surface area contributed by atoms with E-state index in [9.17, 15) is 4.79 Å². The molecule has 0 aliphatic rings. The molecule has 0 aliphatic carbocycles. The zero-order chi connectivity index (χ0) is 17.0. The Kier molecular flexibility index (Phi) is 5.27. The molecular formula is C19H23NO3. The molecular weight excluding hydrogens is 290 g/mol. The second kappa shape index (κ2) is 7.18. The Balaban J connectivity index is 2.24. The number of benzene rings is 2. The average Bonchev–Trinajstić information content (AvgIpc) is 2.53. The number of carbonyl (C=O) groups excluding carboxylic acids is 1. The van der Waals surface area contributed by atoms with Gasteiger partial charge in [-0.2, -0.15) is 0 Å². The summed E-state index contributed by atoms with van der Waals surface area (Å²) in [7, 11) is 3.23. The van der Waals surface area contributed by atoms with Gasteiger partial charge in [-0.05, 0) is 51.1 Å². The third-order valence-electron chi connectivity index (χ3n) is 3.73. The summed E-state index contributed by atoms with van der Waals surface area (Å²) >= 11 is 0. The highest BCUT2D eigenvalue weighted by Crippen LogP contribution is 2.29. The second-order valence-electron chi connectivity index (χ2n) is 5.68. The minimum Gasteiger partial charge on any atom is -0.497 e. The number of nitrogens with one attached hydrogen (secondary N) is 1. The van der Waals surface area contributed by atoms with Gasteiger partial charge in [-0.25, -0.2) is 0 Å². The van der Waals surface area contributed by atoms with Crippen LogP contribution in [0, 0.1) is 13.8 Å². The summed E-state index contributed by atoms with van der Waals surface area (Å²) in [5.74, 6) is 1.35. The minimum absolute atomic E-state index is 0.103. The minimum atomic E-state index is -0.201. The molecule has 0 spiro atoms. The van der Waals surface area contributed by atoms with E-state index >= 15 is 0 Å². The number of hydrogen-bond donors (Lipinski definition) is 1. The van der Waals surface area contributed by atoms with Gasteiger partial charge in [0.1, 0.15) is 11.5 Å². The molecule has 2 aromatic rings. The van der Waals surface area contributed by atoms with E-state index in [4.69, 9.17) is 9.47 Å². The molecule has 1 amide bonds. The van der Waals surface area contributed by atoms with E-state index in [1.807, 2.05) is 57.2 Å². The number of carbonyl (C=O) groups is 1. The highest BCUT2D eigenvalue weighted by molar-refractivity contribution is 5.94. The quantitative estimate of drug-likeness (QED) is 0.913. The first-order valence-corrected chi connectivity index (χ1v) is 7.55. The number of ether oxygens (including phenoxy) is 2. The largest absolute Gasteiger partial charge is 0.497 e. The summed E-state index contributed by atoms with van der Waals surface area (Å²) in [5, 5.41) is 3.02. The summed E-state index contributed by atoms with van der Waals surface area (Å²) in [6.07, 6.45) is 0. The lowest BCUT2D eigenvalue weighted by Crippen LogP contribution is -2.27. The van der Waals surface area contributed by atoms with Crippen LogP contribution in [0.3, 0.4) is 0 Å². The van der Waals surface area contributed by atoms with Crippen LogP contribution in [0.2, 0.25) is 0 Å². The van der Waals surface area contributed by atoms with Crippen molar-refractivity contribution in [3.63, 3.8) is 0 Å². The Hall–Kier alpha value is -2.49. The maximum Gasteiger partial charge on any atom is 0.251 e. The van der Waals surface area contributed by atoms with Crippen molar-refractivity contribution in [2.75, 3.05) is 14.2 Å². The van der Waals surface area contributed by atoms with Crippen LogP contribution in [0.4, 0.5) is 0 Å². The van der Waals surface area contributed by atoms with E-state index < -0.39 is 0 Å². The van der Waals surface area contributed by atoms with Crippen molar-refractivity contribution >= 4 is 5.91 Å². The lowest BCUT2D eigenvalue weighted by Gasteiger charge is -2.18. The zero-order valence-electron chi connectivity index (χ0n) is 14.3. The van der Waals surface area contributed by atoms with E-state index in [2.05, 4.69) is 5.32 Å². The van der Waals surface area contributed by atoms with Gasteiger partial charge in [0.05, 0.1) is 20.3 Å². The van der Waals surface area contributed by atoms with E-state index in [1.54, 1.807) is 14.2 Å². The molecule has 2 aromatic carbocycles. The predicted octanol–water partition coefficient (Wildman–Crippen LogP) is 3.81. The second-order valence-corrected chi connectivity index (χ2v) is 5.68. The van der Waals surface area contributed by atoms with Crippen LogP contribution < -0.4 is 14.8 Å². The molecule has 1 atom stereocenters. The molecule has 0 unspecified atom stereocenters. The maximum atomic E-state index is 12.5. The lowest BCUT2D eigenvalue weighted by atomic mass is 10.0. The molecule has 0 fully saturated rings. The Bertz CT molecular complexity index is 690. The van der Waals surface area contributed by atoms with Crippen molar-refractivity contribution in [2.45, 2.75) is 26.8 Å². The monoisotopic (exact) mass is 313 g/mol. The normalized spacial score (nSPS) is 11.7. The third-order valence-corrected chi connectivity index (χ3v) is 3.73. The van der Waals surface area contributed by atoms with Crippen LogP contribution >= 0.6 is 0 Å². The number of rotatable bonds is 5. The summed E-state index contributed by atoms with van der Waals surface area (Å²) in [5.41, 5.74) is 3.68. The first-order chi connectivity index (χ1) is 10.9. The number of amides is 1. The van der Waals surface area contributed by atoms with Crippen LogP contribution in [0.25, 0.3) is 0 Å². The Morgan fingerprint density at radius 1 is 1.00 bits per heavy atom. The number of aryl methyl sites for hydroxylation is 2. The molecule has 0 saturated carbocycles. The fourth-order valence-corrected chi connectivity index (χ4v) is 2.64. The van der Waals surface area contributed by atoms with E-state index in [0.717, 1.165) is 28.2 Å². The lowest BCUT2D eigenvalue weighted by molar-refractivity contribution is 0.0939. The van der Waals surface area contributed by atoms with Gasteiger partial charge in [0.2, 0.25) is 0 Å². The molecule has 0 bridgehead atoms. The van der Waals surface area contributed by atoms with Gasteiger partial charge in [0.25, 0.3) is 5.91 Å². The average molecular weight is 313 g/mol. The summed E-state index contributed by atoms with van der Waals surface area (Å²) in [6, 6.07) is 11.2. The van der Waals surface area contributed by atoms with Gasteiger partial charge in [-0.1, -0.05) is 17.2 Å². The molecule has 0 heterocycles. The van der Waals surface area contributed by atoms with E-state index in [0.29, 0.717) is 5.56 Å². The van der Waals surface area contributed by atoms with Gasteiger partial charge >= 0.3 is 0 Å². The van der Waals surface area contributed by atoms with Crippen molar-refractivity contribution in [2.24, 2.45) is 0 Å². The predicted molar refractivity (Wildman–Crippen MR) is 91.3 cm³/mol. The van der Waals surface area contributed by atoms with Crippen molar-refractivity contribution < 1.29 is 14.3 Å². The van der Waals surface area contributed by atoms with Crippen LogP contribution in [-0.2, 0) is 0 Å². The molecule has 0 saturated heterocycles. The molecule has 1 N–H and O–H groups in total. The highest BCUT2D eigenvalue weighted by Gasteiger charge is 2.16. The number of hydrogen-bond acceptors (Lipinski definition) is 3. The molecule has 23 heavy (non-hydrogen) atoms. The summed E-state index contributed by atoms with van der Waals surface area (Å²) in [6.45, 7) is 5.90. The van der Waals surface area contributed by atoms with Crippen molar-refractivity contribution in [3.8, 4) is 11.5 Å². The van der Waals surface area contributed by atoms with Crippen molar-refractivity contribution in [3.05, 3.63) is 58.7 Å². The summed E-state index contributed by atoms with van der Waals surface area (Å²) in [4.78, 5) is 12.5.